The number of rotatable bonds is 7. The van der Waals surface area contributed by atoms with E-state index < -0.39 is 0 Å². The number of nitrogens with zero attached hydrogens (tertiary/aromatic N) is 5. The van der Waals surface area contributed by atoms with Crippen molar-refractivity contribution in [3.05, 3.63) is 59.0 Å². The van der Waals surface area contributed by atoms with E-state index in [1.165, 1.54) is 0 Å². The molecule has 2 aliphatic rings. The molecular formula is C23H24N8O2S. The summed E-state index contributed by atoms with van der Waals surface area (Å²) >= 11 is 0.888. The molecule has 2 fully saturated rings. The fraction of sp³-hybridized carbons (Fsp3) is 0.304. The molecule has 0 atom stereocenters. The zero-order valence-corrected chi connectivity index (χ0v) is 19.2. The fourth-order valence-corrected chi connectivity index (χ4v) is 4.78. The molecule has 0 spiro atoms. The summed E-state index contributed by atoms with van der Waals surface area (Å²) in [5.41, 5.74) is 3.60. The summed E-state index contributed by atoms with van der Waals surface area (Å²) < 4.78 is 0. The van der Waals surface area contributed by atoms with Gasteiger partial charge in [-0.3, -0.25) is 25.0 Å². The third-order valence-electron chi connectivity index (χ3n) is 5.88. The molecule has 0 saturated carbocycles. The second kappa shape index (κ2) is 10.1. The molecule has 0 aliphatic carbocycles. The topological polar surface area (TPSA) is 129 Å². The molecule has 0 radical (unpaired) electrons. The number of anilines is 1. The molecule has 10 nitrogen and oxygen atoms in total. The summed E-state index contributed by atoms with van der Waals surface area (Å²) in [6.07, 6.45) is 8.92. The molecule has 2 saturated heterocycles. The second-order valence-corrected chi connectivity index (χ2v) is 9.19. The first-order valence-electron chi connectivity index (χ1n) is 11.1. The molecule has 0 aromatic carbocycles. The van der Waals surface area contributed by atoms with Crippen LogP contribution in [0.2, 0.25) is 0 Å². The van der Waals surface area contributed by atoms with E-state index in [-0.39, 0.29) is 11.1 Å². The minimum Gasteiger partial charge on any atom is -0.341 e. The normalized spacial score (nSPS) is 18.0. The van der Waals surface area contributed by atoms with E-state index in [4.69, 9.17) is 0 Å². The lowest BCUT2D eigenvalue weighted by Crippen LogP contribution is -2.38. The summed E-state index contributed by atoms with van der Waals surface area (Å²) in [5.74, 6) is 0.833. The van der Waals surface area contributed by atoms with Gasteiger partial charge in [-0.1, -0.05) is 6.07 Å². The molecule has 5 rings (SSSR count). The third kappa shape index (κ3) is 5.15. The maximum atomic E-state index is 11.8. The van der Waals surface area contributed by atoms with Crippen LogP contribution in [0.25, 0.3) is 17.5 Å². The molecule has 5 heterocycles. The third-order valence-corrected chi connectivity index (χ3v) is 6.69. The molecule has 3 N–H and O–H groups in total. The first-order valence-corrected chi connectivity index (χ1v) is 11.9. The minimum absolute atomic E-state index is 0.351. The van der Waals surface area contributed by atoms with Gasteiger partial charge in [0, 0.05) is 38.2 Å². The number of imide groups is 1. The van der Waals surface area contributed by atoms with Gasteiger partial charge >= 0.3 is 0 Å². The number of amides is 2. The average molecular weight is 477 g/mol. The van der Waals surface area contributed by atoms with E-state index in [0.29, 0.717) is 22.5 Å². The quantitative estimate of drug-likeness (QED) is 0.441. The highest BCUT2D eigenvalue weighted by atomic mass is 32.2. The standard InChI is InChI=1S/C23H24N8O2S/c32-21-19(34-23(33)29-21)12-17-3-8-26-22(28-17)31-10-5-15(6-11-31)13-24-14-16-2-1-7-25-20(16)18-4-9-27-30-18/h1-4,7-9,12,15,24H,5-6,10-11,13-14H2,(H,27,30)(H,29,32,33)/b19-12-. The molecule has 34 heavy (non-hydrogen) atoms. The smallest absolute Gasteiger partial charge is 0.290 e. The molecule has 0 bridgehead atoms. The van der Waals surface area contributed by atoms with Crippen molar-refractivity contribution in [2.75, 3.05) is 24.5 Å². The number of carbonyl (C=O) groups excluding carboxylic acids is 2. The Labute approximate surface area is 200 Å². The van der Waals surface area contributed by atoms with Crippen molar-refractivity contribution >= 4 is 34.9 Å². The monoisotopic (exact) mass is 476 g/mol. The SMILES string of the molecule is O=C1NC(=O)/C(=C/c2ccnc(N3CCC(CNCc4cccnc4-c4ccn[nH]4)CC3)n2)S1. The first-order chi connectivity index (χ1) is 16.7. The van der Waals surface area contributed by atoms with Crippen LogP contribution < -0.4 is 15.5 Å². The van der Waals surface area contributed by atoms with Crippen LogP contribution in [0, 0.1) is 5.92 Å². The zero-order valence-electron chi connectivity index (χ0n) is 18.4. The minimum atomic E-state index is -0.383. The lowest BCUT2D eigenvalue weighted by atomic mass is 9.97. The van der Waals surface area contributed by atoms with E-state index in [0.717, 1.165) is 67.7 Å². The Morgan fingerprint density at radius 1 is 1.12 bits per heavy atom. The molecule has 2 aliphatic heterocycles. The lowest BCUT2D eigenvalue weighted by Gasteiger charge is -2.32. The number of nitrogens with one attached hydrogen (secondary N) is 3. The maximum absolute atomic E-state index is 11.8. The number of pyridine rings is 1. The van der Waals surface area contributed by atoms with Crippen molar-refractivity contribution in [1.82, 2.24) is 35.8 Å². The average Bonchev–Trinajstić information content (AvgIpc) is 3.50. The summed E-state index contributed by atoms with van der Waals surface area (Å²) in [6, 6.07) is 7.70. The second-order valence-electron chi connectivity index (χ2n) is 8.18. The molecule has 174 valence electrons. The largest absolute Gasteiger partial charge is 0.341 e. The van der Waals surface area contributed by atoms with Gasteiger partial charge in [-0.25, -0.2) is 9.97 Å². The molecule has 11 heteroatoms. The van der Waals surface area contributed by atoms with Crippen LogP contribution in [0.3, 0.4) is 0 Å². The van der Waals surface area contributed by atoms with Gasteiger partial charge in [0.1, 0.15) is 0 Å². The van der Waals surface area contributed by atoms with Crippen molar-refractivity contribution in [2.24, 2.45) is 5.92 Å². The first kappa shape index (κ1) is 22.2. The molecular weight excluding hydrogens is 452 g/mol. The Morgan fingerprint density at radius 2 is 2.00 bits per heavy atom. The zero-order chi connectivity index (χ0) is 23.3. The number of hydrogen-bond donors (Lipinski definition) is 3. The van der Waals surface area contributed by atoms with Gasteiger partial charge in [0.25, 0.3) is 11.1 Å². The van der Waals surface area contributed by atoms with E-state index in [9.17, 15) is 9.59 Å². The summed E-state index contributed by atoms with van der Waals surface area (Å²) in [5, 5.41) is 12.5. The van der Waals surface area contributed by atoms with Gasteiger partial charge in [0.05, 0.1) is 22.0 Å². The van der Waals surface area contributed by atoms with Gasteiger partial charge in [-0.2, -0.15) is 5.10 Å². The Kier molecular flexibility index (Phi) is 6.63. The number of aromatic nitrogens is 5. The van der Waals surface area contributed by atoms with Crippen molar-refractivity contribution in [3.8, 4) is 11.4 Å². The fourth-order valence-electron chi connectivity index (χ4n) is 4.11. The summed E-state index contributed by atoms with van der Waals surface area (Å²) in [4.78, 5) is 39.2. The van der Waals surface area contributed by atoms with Gasteiger partial charge in [0.15, 0.2) is 0 Å². The van der Waals surface area contributed by atoms with Crippen LogP contribution in [0.1, 0.15) is 24.1 Å². The molecule has 2 amide bonds. The molecule has 3 aromatic rings. The van der Waals surface area contributed by atoms with Crippen LogP contribution in [0.15, 0.2) is 47.8 Å². The number of piperidine rings is 1. The van der Waals surface area contributed by atoms with Crippen molar-refractivity contribution in [3.63, 3.8) is 0 Å². The highest BCUT2D eigenvalue weighted by Gasteiger charge is 2.25. The van der Waals surface area contributed by atoms with Crippen LogP contribution in [-0.2, 0) is 11.3 Å². The number of carbonyl (C=O) groups is 2. The van der Waals surface area contributed by atoms with Crippen molar-refractivity contribution in [2.45, 2.75) is 19.4 Å². The predicted octanol–water partition coefficient (Wildman–Crippen LogP) is 2.59. The van der Waals surface area contributed by atoms with Crippen LogP contribution in [0.4, 0.5) is 10.7 Å². The van der Waals surface area contributed by atoms with E-state index in [2.05, 4.69) is 46.7 Å². The Balaban J connectivity index is 1.13. The van der Waals surface area contributed by atoms with Gasteiger partial charge in [0.2, 0.25) is 5.95 Å². The highest BCUT2D eigenvalue weighted by molar-refractivity contribution is 8.18. The summed E-state index contributed by atoms with van der Waals surface area (Å²) in [7, 11) is 0. The number of aromatic amines is 1. The van der Waals surface area contributed by atoms with Crippen LogP contribution >= 0.6 is 11.8 Å². The maximum Gasteiger partial charge on any atom is 0.290 e. The van der Waals surface area contributed by atoms with Crippen LogP contribution in [-0.4, -0.2) is 55.9 Å². The lowest BCUT2D eigenvalue weighted by molar-refractivity contribution is -0.115. The number of thioether (sulfide) groups is 1. The van der Waals surface area contributed by atoms with Gasteiger partial charge in [-0.15, -0.1) is 0 Å². The van der Waals surface area contributed by atoms with Crippen molar-refractivity contribution < 1.29 is 9.59 Å². The van der Waals surface area contributed by atoms with E-state index >= 15 is 0 Å². The van der Waals surface area contributed by atoms with Gasteiger partial charge in [-0.05, 0) is 66.9 Å². The number of hydrogen-bond acceptors (Lipinski definition) is 9. The molecule has 3 aromatic heterocycles. The Hall–Kier alpha value is -3.57. The Bertz CT molecular complexity index is 1210. The van der Waals surface area contributed by atoms with E-state index in [1.807, 2.05) is 12.1 Å². The summed E-state index contributed by atoms with van der Waals surface area (Å²) in [6.45, 7) is 3.41. The van der Waals surface area contributed by atoms with Gasteiger partial charge < -0.3 is 10.2 Å². The Morgan fingerprint density at radius 3 is 2.76 bits per heavy atom. The predicted molar refractivity (Wildman–Crippen MR) is 130 cm³/mol. The highest BCUT2D eigenvalue weighted by Crippen LogP contribution is 2.26. The van der Waals surface area contributed by atoms with Crippen molar-refractivity contribution in [1.29, 1.82) is 0 Å². The molecule has 0 unspecified atom stereocenters. The van der Waals surface area contributed by atoms with E-state index in [1.54, 1.807) is 30.7 Å². The van der Waals surface area contributed by atoms with Crippen LogP contribution in [0.5, 0.6) is 0 Å². The number of H-pyrrole nitrogens is 1.